The molecule has 1 aliphatic heterocycles. The molecule has 1 amide bonds. The molecule has 5 aromatic carbocycles. The van der Waals surface area contributed by atoms with Crippen LogP contribution in [0.2, 0.25) is 0 Å². The summed E-state index contributed by atoms with van der Waals surface area (Å²) in [5.41, 5.74) is 11.8. The zero-order valence-electron chi connectivity index (χ0n) is 27.4. The minimum Gasteiger partial charge on any atom is -0.494 e. The van der Waals surface area contributed by atoms with Gasteiger partial charge in [-0.05, 0) is 70.2 Å². The number of aliphatic hydroxyl groups is 1. The monoisotopic (exact) mass is 683 g/mol. The van der Waals surface area contributed by atoms with Gasteiger partial charge in [-0.1, -0.05) is 108 Å². The highest BCUT2D eigenvalue weighted by molar-refractivity contribution is 7.99. The second kappa shape index (κ2) is 16.7. The third kappa shape index (κ3) is 8.18. The number of benzene rings is 5. The Morgan fingerprint density at radius 3 is 2.32 bits per heavy atom. The van der Waals surface area contributed by atoms with Gasteiger partial charge in [0.25, 0.3) is 5.91 Å². The molecule has 0 aliphatic carbocycles. The van der Waals surface area contributed by atoms with E-state index in [0.29, 0.717) is 35.8 Å². The second-order valence-electron chi connectivity index (χ2n) is 11.7. The molecule has 0 saturated heterocycles. The third-order valence-electron chi connectivity index (χ3n) is 8.37. The maximum Gasteiger partial charge on any atom is 0.252 e. The highest BCUT2D eigenvalue weighted by Crippen LogP contribution is 2.44. The van der Waals surface area contributed by atoms with Crippen LogP contribution in [0.15, 0.2) is 153 Å². The number of hydrogen-bond donors (Lipinski definition) is 2. The maximum absolute atomic E-state index is 14.9. The van der Waals surface area contributed by atoms with Gasteiger partial charge in [0.1, 0.15) is 5.75 Å². The largest absolute Gasteiger partial charge is 0.494 e. The summed E-state index contributed by atoms with van der Waals surface area (Å²) in [6, 6.07) is 42.8. The number of hydrogen-bond acceptors (Lipinski definition) is 7. The molecular formula is C40H37N5O4S. The van der Waals surface area contributed by atoms with E-state index in [1.165, 1.54) is 0 Å². The van der Waals surface area contributed by atoms with E-state index in [1.54, 1.807) is 11.8 Å². The number of carbonyl (C=O) groups is 1. The molecule has 2 atom stereocenters. The van der Waals surface area contributed by atoms with Crippen LogP contribution < -0.4 is 10.1 Å². The molecule has 0 fully saturated rings. The van der Waals surface area contributed by atoms with Gasteiger partial charge in [-0.25, -0.2) is 4.99 Å². The van der Waals surface area contributed by atoms with Crippen molar-refractivity contribution in [3.63, 3.8) is 0 Å². The lowest BCUT2D eigenvalue weighted by atomic mass is 9.80. The fourth-order valence-electron chi connectivity index (χ4n) is 5.90. The summed E-state index contributed by atoms with van der Waals surface area (Å²) in [5, 5.41) is 16.2. The number of amides is 1. The fourth-order valence-corrected chi connectivity index (χ4v) is 6.87. The van der Waals surface area contributed by atoms with E-state index in [-0.39, 0.29) is 32.0 Å². The van der Waals surface area contributed by atoms with Crippen LogP contribution in [0.25, 0.3) is 10.4 Å². The second-order valence-corrected chi connectivity index (χ2v) is 12.9. The van der Waals surface area contributed by atoms with Gasteiger partial charge in [0.2, 0.25) is 5.90 Å². The number of nitrogens with one attached hydrogen (secondary N) is 1. The molecule has 252 valence electrons. The van der Waals surface area contributed by atoms with Crippen molar-refractivity contribution in [1.82, 2.24) is 5.32 Å². The Balaban J connectivity index is 1.40. The first kappa shape index (κ1) is 34.3. The van der Waals surface area contributed by atoms with Gasteiger partial charge >= 0.3 is 0 Å². The maximum atomic E-state index is 14.9. The summed E-state index contributed by atoms with van der Waals surface area (Å²) in [6.07, 6.45) is -0.0507. The molecule has 1 heterocycles. The average molecular weight is 684 g/mol. The highest BCUT2D eigenvalue weighted by atomic mass is 32.2. The van der Waals surface area contributed by atoms with E-state index >= 15 is 0 Å². The minimum atomic E-state index is -1.42. The summed E-state index contributed by atoms with van der Waals surface area (Å²) in [5.74, 6) is 0.683. The molecule has 0 unspecified atom stereocenters. The molecule has 1 aliphatic rings. The van der Waals surface area contributed by atoms with Crippen molar-refractivity contribution in [1.29, 1.82) is 0 Å². The Bertz CT molecular complexity index is 1970. The standard InChI is InChI=1S/C40H37N5O4S/c41-45-43-28-31-14-7-9-18-35(31)37-40(26-29-12-3-1-4-13-29,44-38(49-37)30-20-22-33(23-21-30)48-25-11-24-46)39(47)42-27-32-15-8-10-19-36(32)50-34-16-5-2-6-17-34/h1-10,12-23,37,46H,11,24-28H2,(H,42,47)/t37-,40-/m1/s1. The van der Waals surface area contributed by atoms with E-state index in [4.69, 9.17) is 25.1 Å². The van der Waals surface area contributed by atoms with Crippen LogP contribution in [0, 0.1) is 0 Å². The van der Waals surface area contributed by atoms with Crippen LogP contribution in [-0.4, -0.2) is 35.7 Å². The molecular weight excluding hydrogens is 647 g/mol. The molecule has 6 rings (SSSR count). The van der Waals surface area contributed by atoms with Gasteiger partial charge in [0.15, 0.2) is 11.6 Å². The predicted octanol–water partition coefficient (Wildman–Crippen LogP) is 8.23. The van der Waals surface area contributed by atoms with Crippen LogP contribution in [-0.2, 0) is 29.0 Å². The number of nitrogens with zero attached hydrogens (tertiary/aromatic N) is 4. The number of carbonyl (C=O) groups excluding carboxylic acids is 1. The molecule has 0 bridgehead atoms. The number of aliphatic imine (C=N–C) groups is 1. The minimum absolute atomic E-state index is 0.0499. The van der Waals surface area contributed by atoms with E-state index in [9.17, 15) is 4.79 Å². The van der Waals surface area contributed by atoms with Crippen LogP contribution in [0.1, 0.15) is 40.3 Å². The van der Waals surface area contributed by atoms with Gasteiger partial charge in [0.05, 0.1) is 13.2 Å². The van der Waals surface area contributed by atoms with Gasteiger partial charge < -0.3 is 19.9 Å². The summed E-state index contributed by atoms with van der Waals surface area (Å²) in [6.45, 7) is 0.816. The zero-order chi connectivity index (χ0) is 34.6. The lowest BCUT2D eigenvalue weighted by molar-refractivity contribution is -0.129. The average Bonchev–Trinajstić information content (AvgIpc) is 3.55. The van der Waals surface area contributed by atoms with Crippen molar-refractivity contribution in [2.45, 2.75) is 47.4 Å². The smallest absolute Gasteiger partial charge is 0.252 e. The van der Waals surface area contributed by atoms with E-state index in [2.05, 4.69) is 33.5 Å². The van der Waals surface area contributed by atoms with Crippen LogP contribution >= 0.6 is 11.8 Å². The van der Waals surface area contributed by atoms with Crippen molar-refractivity contribution >= 4 is 23.6 Å². The number of azide groups is 1. The fraction of sp³-hybridized carbons (Fsp3) is 0.200. The van der Waals surface area contributed by atoms with Crippen molar-refractivity contribution < 1.29 is 19.4 Å². The van der Waals surface area contributed by atoms with Crippen molar-refractivity contribution in [3.05, 3.63) is 172 Å². The normalized spacial score (nSPS) is 16.5. The number of rotatable bonds is 15. The van der Waals surface area contributed by atoms with Crippen molar-refractivity contribution in [3.8, 4) is 5.75 Å². The third-order valence-corrected chi connectivity index (χ3v) is 9.50. The first-order chi connectivity index (χ1) is 24.6. The lowest BCUT2D eigenvalue weighted by Gasteiger charge is -2.32. The summed E-state index contributed by atoms with van der Waals surface area (Å²) < 4.78 is 12.5. The lowest BCUT2D eigenvalue weighted by Crippen LogP contribution is -2.50. The quantitative estimate of drug-likeness (QED) is 0.0497. The molecule has 0 aromatic heterocycles. The van der Waals surface area contributed by atoms with Gasteiger partial charge in [-0.2, -0.15) is 0 Å². The molecule has 10 heteroatoms. The van der Waals surface area contributed by atoms with E-state index in [0.717, 1.165) is 26.5 Å². The molecule has 0 spiro atoms. The molecule has 9 nitrogen and oxygen atoms in total. The Kier molecular flexibility index (Phi) is 11.5. The molecule has 2 N–H and O–H groups in total. The van der Waals surface area contributed by atoms with Crippen LogP contribution in [0.3, 0.4) is 0 Å². The van der Waals surface area contributed by atoms with Gasteiger partial charge in [-0.15, -0.1) is 0 Å². The number of ether oxygens (including phenoxy) is 2. The summed E-state index contributed by atoms with van der Waals surface area (Å²) >= 11 is 1.65. The SMILES string of the molecule is [N-]=[N+]=NCc1ccccc1[C@H]1OC(c2ccc(OCCCO)cc2)=N[C@@]1(Cc1ccccc1)C(=O)NCc1ccccc1Sc1ccccc1. The Morgan fingerprint density at radius 1 is 0.900 bits per heavy atom. The highest BCUT2D eigenvalue weighted by Gasteiger charge is 2.53. The first-order valence-electron chi connectivity index (χ1n) is 16.4. The molecule has 5 aromatic rings. The Hall–Kier alpha value is -5.54. The summed E-state index contributed by atoms with van der Waals surface area (Å²) in [7, 11) is 0. The molecule has 0 radical (unpaired) electrons. The van der Waals surface area contributed by atoms with Crippen molar-refractivity contribution in [2.24, 2.45) is 10.1 Å². The van der Waals surface area contributed by atoms with Crippen LogP contribution in [0.4, 0.5) is 0 Å². The Labute approximate surface area is 295 Å². The van der Waals surface area contributed by atoms with Crippen LogP contribution in [0.5, 0.6) is 5.75 Å². The molecule has 50 heavy (non-hydrogen) atoms. The van der Waals surface area contributed by atoms with E-state index in [1.807, 2.05) is 115 Å². The van der Waals surface area contributed by atoms with Crippen molar-refractivity contribution in [2.75, 3.05) is 13.2 Å². The predicted molar refractivity (Wildman–Crippen MR) is 195 cm³/mol. The zero-order valence-corrected chi connectivity index (χ0v) is 28.2. The van der Waals surface area contributed by atoms with Gasteiger partial charge in [0, 0.05) is 46.3 Å². The topological polar surface area (TPSA) is 129 Å². The first-order valence-corrected chi connectivity index (χ1v) is 17.2. The molecule has 0 saturated carbocycles. The van der Waals surface area contributed by atoms with Gasteiger partial charge in [-0.3, -0.25) is 4.79 Å². The Morgan fingerprint density at radius 2 is 1.58 bits per heavy atom. The number of aliphatic hydroxyl groups excluding tert-OH is 1. The summed E-state index contributed by atoms with van der Waals surface area (Å²) in [4.78, 5) is 25.2. The van der Waals surface area contributed by atoms with E-state index < -0.39 is 11.6 Å².